The number of nitrogens with one attached hydrogen (secondary N) is 1. The lowest BCUT2D eigenvalue weighted by Gasteiger charge is -2.29. The molecule has 2 aromatic rings. The Hall–Kier alpha value is -1.77. The SMILES string of the molecule is CS(=O)(=O)N1CCCc2ccc(NS(=O)(=O)c3cccc(Cl)c3)cc21. The van der Waals surface area contributed by atoms with Gasteiger partial charge in [-0.2, -0.15) is 0 Å². The number of fused-ring (bicyclic) bond motifs is 1. The van der Waals surface area contributed by atoms with Crippen molar-refractivity contribution in [2.75, 3.05) is 21.8 Å². The van der Waals surface area contributed by atoms with E-state index in [4.69, 9.17) is 11.6 Å². The molecule has 0 unspecified atom stereocenters. The summed E-state index contributed by atoms with van der Waals surface area (Å²) in [7, 11) is -7.24. The van der Waals surface area contributed by atoms with Crippen LogP contribution >= 0.6 is 11.6 Å². The minimum Gasteiger partial charge on any atom is -0.280 e. The number of hydrogen-bond acceptors (Lipinski definition) is 4. The minimum atomic E-state index is -3.82. The minimum absolute atomic E-state index is 0.0395. The Morgan fingerprint density at radius 1 is 1.08 bits per heavy atom. The highest BCUT2D eigenvalue weighted by atomic mass is 35.5. The molecule has 0 saturated heterocycles. The van der Waals surface area contributed by atoms with Gasteiger partial charge in [0.15, 0.2) is 0 Å². The first-order chi connectivity index (χ1) is 11.7. The molecule has 2 aromatic carbocycles. The van der Waals surface area contributed by atoms with Gasteiger partial charge in [0.2, 0.25) is 10.0 Å². The predicted octanol–water partition coefficient (Wildman–Crippen LogP) is 2.85. The standard InChI is InChI=1S/C16H17ClN2O4S2/c1-24(20,21)19-9-3-4-12-7-8-14(11-16(12)19)18-25(22,23)15-6-2-5-13(17)10-15/h2,5-8,10-11,18H,3-4,9H2,1H3. The summed E-state index contributed by atoms with van der Waals surface area (Å²) in [6.45, 7) is 0.385. The highest BCUT2D eigenvalue weighted by Gasteiger charge is 2.25. The van der Waals surface area contributed by atoms with Gasteiger partial charge in [-0.15, -0.1) is 0 Å². The van der Waals surface area contributed by atoms with Crippen LogP contribution in [0.25, 0.3) is 0 Å². The number of sulfonamides is 2. The molecule has 0 saturated carbocycles. The molecule has 1 N–H and O–H groups in total. The van der Waals surface area contributed by atoms with Crippen LogP contribution in [0.5, 0.6) is 0 Å². The van der Waals surface area contributed by atoms with Crippen LogP contribution in [0.4, 0.5) is 11.4 Å². The van der Waals surface area contributed by atoms with Gasteiger partial charge in [0, 0.05) is 11.6 Å². The largest absolute Gasteiger partial charge is 0.280 e. The van der Waals surface area contributed by atoms with Crippen molar-refractivity contribution in [3.8, 4) is 0 Å². The van der Waals surface area contributed by atoms with E-state index >= 15 is 0 Å². The molecule has 0 spiro atoms. The maximum atomic E-state index is 12.5. The van der Waals surface area contributed by atoms with Crippen LogP contribution in [0.3, 0.4) is 0 Å². The van der Waals surface area contributed by atoms with Crippen LogP contribution in [0.15, 0.2) is 47.4 Å². The van der Waals surface area contributed by atoms with Gasteiger partial charge in [0.1, 0.15) is 0 Å². The number of benzene rings is 2. The van der Waals surface area contributed by atoms with Gasteiger partial charge in [0.25, 0.3) is 10.0 Å². The third-order valence-corrected chi connectivity index (χ3v) is 6.71. The van der Waals surface area contributed by atoms with Gasteiger partial charge >= 0.3 is 0 Å². The fourth-order valence-corrected chi connectivity index (χ4v) is 5.14. The van der Waals surface area contributed by atoms with Crippen LogP contribution in [0.2, 0.25) is 5.02 Å². The van der Waals surface area contributed by atoms with Crippen molar-refractivity contribution in [2.24, 2.45) is 0 Å². The van der Waals surface area contributed by atoms with Crippen LogP contribution in [0.1, 0.15) is 12.0 Å². The average Bonchev–Trinajstić information content (AvgIpc) is 2.53. The Balaban J connectivity index is 1.97. The fourth-order valence-electron chi connectivity index (χ4n) is 2.80. The van der Waals surface area contributed by atoms with E-state index in [2.05, 4.69) is 4.72 Å². The second-order valence-corrected chi connectivity index (χ2v) is 9.87. The molecule has 1 aliphatic rings. The quantitative estimate of drug-likeness (QED) is 0.855. The highest BCUT2D eigenvalue weighted by Crippen LogP contribution is 2.32. The molecule has 0 bridgehead atoms. The lowest BCUT2D eigenvalue weighted by molar-refractivity contribution is 0.592. The van der Waals surface area contributed by atoms with Gasteiger partial charge < -0.3 is 0 Å². The van der Waals surface area contributed by atoms with E-state index in [0.717, 1.165) is 24.7 Å². The smallest absolute Gasteiger partial charge is 0.261 e. The summed E-state index contributed by atoms with van der Waals surface area (Å²) in [5.41, 5.74) is 1.69. The van der Waals surface area contributed by atoms with Crippen LogP contribution in [-0.2, 0) is 26.5 Å². The Morgan fingerprint density at radius 3 is 2.52 bits per heavy atom. The molecule has 0 atom stereocenters. The summed E-state index contributed by atoms with van der Waals surface area (Å²) < 4.78 is 52.7. The molecule has 9 heteroatoms. The number of nitrogens with zero attached hydrogens (tertiary/aromatic N) is 1. The Bertz CT molecular complexity index is 1020. The van der Waals surface area contributed by atoms with E-state index in [1.165, 1.54) is 16.4 Å². The van der Waals surface area contributed by atoms with E-state index in [0.29, 0.717) is 22.9 Å². The highest BCUT2D eigenvalue weighted by molar-refractivity contribution is 7.92. The maximum Gasteiger partial charge on any atom is 0.261 e. The van der Waals surface area contributed by atoms with Gasteiger partial charge in [-0.05, 0) is 48.7 Å². The lowest BCUT2D eigenvalue weighted by atomic mass is 10.0. The molecule has 0 fully saturated rings. The maximum absolute atomic E-state index is 12.5. The van der Waals surface area contributed by atoms with Crippen molar-refractivity contribution >= 4 is 43.0 Å². The van der Waals surface area contributed by atoms with E-state index in [-0.39, 0.29) is 4.90 Å². The lowest BCUT2D eigenvalue weighted by Crippen LogP contribution is -2.34. The molecule has 134 valence electrons. The summed E-state index contributed by atoms with van der Waals surface area (Å²) >= 11 is 5.85. The van der Waals surface area contributed by atoms with E-state index in [9.17, 15) is 16.8 Å². The predicted molar refractivity (Wildman–Crippen MR) is 99.2 cm³/mol. The van der Waals surface area contributed by atoms with Gasteiger partial charge in [-0.25, -0.2) is 16.8 Å². The second kappa shape index (κ2) is 6.51. The number of rotatable bonds is 4. The Labute approximate surface area is 152 Å². The van der Waals surface area contributed by atoms with E-state index in [1.807, 2.05) is 0 Å². The second-order valence-electron chi connectivity index (χ2n) is 5.85. The molecule has 6 nitrogen and oxygen atoms in total. The normalized spacial score (nSPS) is 14.9. The molecule has 0 amide bonds. The molecule has 0 radical (unpaired) electrons. The molecule has 1 heterocycles. The summed E-state index contributed by atoms with van der Waals surface area (Å²) in [5, 5.41) is 0.316. The van der Waals surface area contributed by atoms with Crippen molar-refractivity contribution in [1.29, 1.82) is 0 Å². The first kappa shape index (κ1) is 18.0. The molecule has 0 aliphatic carbocycles. The molecular weight excluding hydrogens is 384 g/mol. The number of halogens is 1. The number of hydrogen-bond donors (Lipinski definition) is 1. The average molecular weight is 401 g/mol. The summed E-state index contributed by atoms with van der Waals surface area (Å²) in [4.78, 5) is 0.0395. The van der Waals surface area contributed by atoms with Gasteiger partial charge in [-0.1, -0.05) is 23.7 Å². The first-order valence-corrected chi connectivity index (χ1v) is 11.3. The fraction of sp³-hybridized carbons (Fsp3) is 0.250. The van der Waals surface area contributed by atoms with E-state index in [1.54, 1.807) is 30.3 Å². The molecule has 25 heavy (non-hydrogen) atoms. The van der Waals surface area contributed by atoms with Crippen LogP contribution in [-0.4, -0.2) is 29.6 Å². The first-order valence-electron chi connectivity index (χ1n) is 7.56. The van der Waals surface area contributed by atoms with Crippen LogP contribution in [0, 0.1) is 0 Å². The molecular formula is C16H17ClN2O4S2. The zero-order valence-corrected chi connectivity index (χ0v) is 15.8. The third-order valence-electron chi connectivity index (χ3n) is 3.92. The summed E-state index contributed by atoms with van der Waals surface area (Å²) in [6, 6.07) is 10.9. The topological polar surface area (TPSA) is 83.6 Å². The number of anilines is 2. The monoisotopic (exact) mass is 400 g/mol. The van der Waals surface area contributed by atoms with E-state index < -0.39 is 20.0 Å². The van der Waals surface area contributed by atoms with Gasteiger partial charge in [0.05, 0.1) is 22.5 Å². The zero-order chi connectivity index (χ0) is 18.2. The van der Waals surface area contributed by atoms with Crippen molar-refractivity contribution in [1.82, 2.24) is 0 Å². The molecule has 3 rings (SSSR count). The van der Waals surface area contributed by atoms with Crippen molar-refractivity contribution in [3.63, 3.8) is 0 Å². The summed E-state index contributed by atoms with van der Waals surface area (Å²) in [5.74, 6) is 0. The van der Waals surface area contributed by atoms with Crippen LogP contribution < -0.4 is 9.03 Å². The Morgan fingerprint density at radius 2 is 1.84 bits per heavy atom. The zero-order valence-electron chi connectivity index (χ0n) is 13.4. The third kappa shape index (κ3) is 3.91. The van der Waals surface area contributed by atoms with Crippen molar-refractivity contribution in [2.45, 2.75) is 17.7 Å². The van der Waals surface area contributed by atoms with Crippen molar-refractivity contribution < 1.29 is 16.8 Å². The Kier molecular flexibility index (Phi) is 4.70. The summed E-state index contributed by atoms with van der Waals surface area (Å²) in [6.07, 6.45) is 2.63. The van der Waals surface area contributed by atoms with Crippen molar-refractivity contribution in [3.05, 3.63) is 53.1 Å². The molecule has 0 aromatic heterocycles. The van der Waals surface area contributed by atoms with Gasteiger partial charge in [-0.3, -0.25) is 9.03 Å². The molecule has 1 aliphatic heterocycles. The number of aryl methyl sites for hydroxylation is 1.